The molecule has 2 aromatic rings. The Labute approximate surface area is 154 Å². The van der Waals surface area contributed by atoms with Gasteiger partial charge in [-0.1, -0.05) is 30.3 Å². The molecule has 26 heavy (non-hydrogen) atoms. The van der Waals surface area contributed by atoms with Gasteiger partial charge in [0.25, 0.3) is 0 Å². The Balaban J connectivity index is 1.48. The van der Waals surface area contributed by atoms with E-state index in [1.54, 1.807) is 12.3 Å². The summed E-state index contributed by atoms with van der Waals surface area (Å²) >= 11 is 0. The van der Waals surface area contributed by atoms with Gasteiger partial charge in [-0.3, -0.25) is 9.59 Å². The van der Waals surface area contributed by atoms with Crippen molar-refractivity contribution in [1.82, 2.24) is 9.80 Å². The van der Waals surface area contributed by atoms with E-state index in [4.69, 9.17) is 4.42 Å². The monoisotopic (exact) mass is 354 g/mol. The Hall–Kier alpha value is -2.56. The van der Waals surface area contributed by atoms with E-state index in [2.05, 4.69) is 24.3 Å². The number of furan rings is 1. The van der Waals surface area contributed by atoms with Crippen LogP contribution in [0.1, 0.15) is 31.1 Å². The Morgan fingerprint density at radius 2 is 1.85 bits per heavy atom. The SMILES string of the molecule is CC(=O)N(CC(=O)N1CCC(Cc2ccccc2)CC1)Cc1ccco1. The summed E-state index contributed by atoms with van der Waals surface area (Å²) in [6.07, 6.45) is 4.67. The molecule has 1 fully saturated rings. The van der Waals surface area contributed by atoms with Crippen molar-refractivity contribution < 1.29 is 14.0 Å². The molecule has 138 valence electrons. The van der Waals surface area contributed by atoms with Gasteiger partial charge in [0, 0.05) is 20.0 Å². The molecule has 5 nitrogen and oxygen atoms in total. The first-order valence-electron chi connectivity index (χ1n) is 9.21. The van der Waals surface area contributed by atoms with E-state index >= 15 is 0 Å². The van der Waals surface area contributed by atoms with Crippen LogP contribution in [0.3, 0.4) is 0 Å². The summed E-state index contributed by atoms with van der Waals surface area (Å²) in [7, 11) is 0. The second-order valence-electron chi connectivity index (χ2n) is 6.97. The van der Waals surface area contributed by atoms with Crippen LogP contribution >= 0.6 is 0 Å². The molecule has 0 radical (unpaired) electrons. The van der Waals surface area contributed by atoms with Crippen molar-refractivity contribution in [3.8, 4) is 0 Å². The fourth-order valence-electron chi connectivity index (χ4n) is 3.47. The van der Waals surface area contributed by atoms with Gasteiger partial charge < -0.3 is 14.2 Å². The number of rotatable bonds is 6. The normalized spacial score (nSPS) is 15.0. The molecule has 2 amide bonds. The minimum absolute atomic E-state index is 0.0184. The highest BCUT2D eigenvalue weighted by Crippen LogP contribution is 2.22. The van der Waals surface area contributed by atoms with Crippen LogP contribution in [-0.4, -0.2) is 41.2 Å². The van der Waals surface area contributed by atoms with Gasteiger partial charge in [-0.05, 0) is 42.9 Å². The number of likely N-dealkylation sites (tertiary alicyclic amines) is 1. The van der Waals surface area contributed by atoms with E-state index in [0.29, 0.717) is 18.2 Å². The molecule has 1 aromatic carbocycles. The van der Waals surface area contributed by atoms with Crippen LogP contribution in [0, 0.1) is 5.92 Å². The average Bonchev–Trinajstić information content (AvgIpc) is 3.15. The zero-order valence-electron chi connectivity index (χ0n) is 15.3. The molecule has 1 aromatic heterocycles. The van der Waals surface area contributed by atoms with Gasteiger partial charge in [0.05, 0.1) is 12.8 Å². The molecule has 0 N–H and O–H groups in total. The zero-order chi connectivity index (χ0) is 18.4. The van der Waals surface area contributed by atoms with E-state index in [-0.39, 0.29) is 18.4 Å². The molecule has 0 aliphatic carbocycles. The highest BCUT2D eigenvalue weighted by molar-refractivity contribution is 5.83. The van der Waals surface area contributed by atoms with Gasteiger partial charge in [-0.15, -0.1) is 0 Å². The Morgan fingerprint density at radius 1 is 1.12 bits per heavy atom. The molecular formula is C21H26N2O3. The van der Waals surface area contributed by atoms with E-state index in [1.165, 1.54) is 17.4 Å². The molecule has 0 saturated carbocycles. The maximum atomic E-state index is 12.6. The zero-order valence-corrected chi connectivity index (χ0v) is 15.3. The molecule has 1 saturated heterocycles. The quantitative estimate of drug-likeness (QED) is 0.801. The van der Waals surface area contributed by atoms with Crippen LogP contribution < -0.4 is 0 Å². The summed E-state index contributed by atoms with van der Waals surface area (Å²) in [6.45, 7) is 3.46. The van der Waals surface area contributed by atoms with Gasteiger partial charge in [0.1, 0.15) is 12.3 Å². The maximum absolute atomic E-state index is 12.6. The highest BCUT2D eigenvalue weighted by Gasteiger charge is 2.25. The minimum atomic E-state index is -0.117. The fraction of sp³-hybridized carbons (Fsp3) is 0.429. The number of carbonyl (C=O) groups is 2. The number of hydrogen-bond donors (Lipinski definition) is 0. The van der Waals surface area contributed by atoms with Crippen LogP contribution in [0.15, 0.2) is 53.1 Å². The minimum Gasteiger partial charge on any atom is -0.467 e. The van der Waals surface area contributed by atoms with Crippen molar-refractivity contribution in [1.29, 1.82) is 0 Å². The third-order valence-corrected chi connectivity index (χ3v) is 5.03. The van der Waals surface area contributed by atoms with E-state index in [1.807, 2.05) is 17.0 Å². The lowest BCUT2D eigenvalue weighted by Gasteiger charge is -2.33. The van der Waals surface area contributed by atoms with E-state index in [0.717, 1.165) is 32.4 Å². The van der Waals surface area contributed by atoms with Gasteiger partial charge in [0.2, 0.25) is 11.8 Å². The predicted octanol–water partition coefficient (Wildman–Crippen LogP) is 3.11. The second-order valence-corrected chi connectivity index (χ2v) is 6.97. The first-order valence-corrected chi connectivity index (χ1v) is 9.21. The van der Waals surface area contributed by atoms with Crippen LogP contribution in [0.5, 0.6) is 0 Å². The Morgan fingerprint density at radius 3 is 2.46 bits per heavy atom. The summed E-state index contributed by atoms with van der Waals surface area (Å²) in [4.78, 5) is 27.9. The van der Waals surface area contributed by atoms with Crippen molar-refractivity contribution >= 4 is 11.8 Å². The number of carbonyl (C=O) groups excluding carboxylic acids is 2. The van der Waals surface area contributed by atoms with Gasteiger partial charge in [-0.25, -0.2) is 0 Å². The molecule has 0 unspecified atom stereocenters. The standard InChI is InChI=1S/C21H26N2O3/c1-17(24)23(15-20-8-5-13-26-20)16-21(25)22-11-9-19(10-12-22)14-18-6-3-2-4-7-18/h2-8,13,19H,9-12,14-16H2,1H3. The van der Waals surface area contributed by atoms with Crippen LogP contribution in [0.2, 0.25) is 0 Å². The lowest BCUT2D eigenvalue weighted by atomic mass is 9.90. The number of benzene rings is 1. The van der Waals surface area contributed by atoms with Gasteiger partial charge in [-0.2, -0.15) is 0 Å². The lowest BCUT2D eigenvalue weighted by molar-refractivity contribution is -0.140. The highest BCUT2D eigenvalue weighted by atomic mass is 16.3. The predicted molar refractivity (Wildman–Crippen MR) is 99.2 cm³/mol. The first-order chi connectivity index (χ1) is 12.6. The molecule has 0 atom stereocenters. The molecular weight excluding hydrogens is 328 g/mol. The van der Waals surface area contributed by atoms with Crippen molar-refractivity contribution in [2.75, 3.05) is 19.6 Å². The molecule has 2 heterocycles. The van der Waals surface area contributed by atoms with Crippen molar-refractivity contribution in [3.63, 3.8) is 0 Å². The third kappa shape index (κ3) is 4.97. The Kier molecular flexibility index (Phi) is 6.10. The number of piperidine rings is 1. The largest absolute Gasteiger partial charge is 0.467 e. The third-order valence-electron chi connectivity index (χ3n) is 5.03. The smallest absolute Gasteiger partial charge is 0.242 e. The summed E-state index contributed by atoms with van der Waals surface area (Å²) < 4.78 is 5.29. The van der Waals surface area contributed by atoms with E-state index < -0.39 is 0 Å². The van der Waals surface area contributed by atoms with Crippen LogP contribution in [-0.2, 0) is 22.6 Å². The maximum Gasteiger partial charge on any atom is 0.242 e. The van der Waals surface area contributed by atoms with E-state index in [9.17, 15) is 9.59 Å². The lowest BCUT2D eigenvalue weighted by Crippen LogP contribution is -2.45. The first kappa shape index (κ1) is 18.2. The number of nitrogens with zero attached hydrogens (tertiary/aromatic N) is 2. The summed E-state index contributed by atoms with van der Waals surface area (Å²) in [6, 6.07) is 14.1. The molecule has 3 rings (SSSR count). The van der Waals surface area contributed by atoms with Crippen LogP contribution in [0.25, 0.3) is 0 Å². The van der Waals surface area contributed by atoms with Crippen LogP contribution in [0.4, 0.5) is 0 Å². The number of hydrogen-bond acceptors (Lipinski definition) is 3. The van der Waals surface area contributed by atoms with Gasteiger partial charge in [0.15, 0.2) is 0 Å². The van der Waals surface area contributed by atoms with Crippen molar-refractivity contribution in [2.24, 2.45) is 5.92 Å². The fourth-order valence-corrected chi connectivity index (χ4v) is 3.47. The topological polar surface area (TPSA) is 53.8 Å². The molecule has 1 aliphatic rings. The van der Waals surface area contributed by atoms with Crippen molar-refractivity contribution in [2.45, 2.75) is 32.7 Å². The molecule has 1 aliphatic heterocycles. The Bertz CT molecular complexity index is 704. The summed E-state index contributed by atoms with van der Waals surface area (Å²) in [5.74, 6) is 1.21. The van der Waals surface area contributed by atoms with Gasteiger partial charge >= 0.3 is 0 Å². The average molecular weight is 354 g/mol. The summed E-state index contributed by atoms with van der Waals surface area (Å²) in [5.41, 5.74) is 1.36. The molecule has 0 bridgehead atoms. The second kappa shape index (κ2) is 8.70. The number of amides is 2. The molecule has 0 spiro atoms. The van der Waals surface area contributed by atoms with Crippen molar-refractivity contribution in [3.05, 3.63) is 60.1 Å². The summed E-state index contributed by atoms with van der Waals surface area (Å²) in [5, 5.41) is 0. The molecule has 5 heteroatoms.